The van der Waals surface area contributed by atoms with Gasteiger partial charge in [0.25, 0.3) is 5.56 Å². The average Bonchev–Trinajstić information content (AvgIpc) is 3.63. The van der Waals surface area contributed by atoms with Gasteiger partial charge in [-0.3, -0.25) is 14.3 Å². The zero-order valence-corrected chi connectivity index (χ0v) is 35.8. The van der Waals surface area contributed by atoms with Crippen LogP contribution in [0.1, 0.15) is 200 Å². The topological polar surface area (TPSA) is 115 Å². The molecule has 0 spiro atoms. The number of H-pyrrole nitrogens is 1. The van der Waals surface area contributed by atoms with Gasteiger partial charge in [0.1, 0.15) is 18.3 Å². The maximum Gasteiger partial charge on any atom is 0.330 e. The molecule has 2 aliphatic rings. The molecule has 2 saturated heterocycles. The largest absolute Gasteiger partial charge is 0.801 e. The lowest BCUT2D eigenvalue weighted by molar-refractivity contribution is -0.229. The summed E-state index contributed by atoms with van der Waals surface area (Å²) in [4.78, 5) is 39.3. The Morgan fingerprint density at radius 2 is 1.11 bits per heavy atom. The summed E-state index contributed by atoms with van der Waals surface area (Å²) in [6.45, 7) is 2.73. The molecule has 53 heavy (non-hydrogen) atoms. The van der Waals surface area contributed by atoms with Gasteiger partial charge in [-0.1, -0.05) is 180 Å². The van der Waals surface area contributed by atoms with E-state index < -0.39 is 48.1 Å². The number of unbranched alkanes of at least 4 members (excludes halogenated alkanes) is 24. The van der Waals surface area contributed by atoms with Crippen LogP contribution in [0, 0.1) is 7.43 Å². The predicted octanol–water partition coefficient (Wildman–Crippen LogP) is 10.6. The molecular formula is C42H77N2O7PS. The van der Waals surface area contributed by atoms with Crippen molar-refractivity contribution in [3.63, 3.8) is 0 Å². The lowest BCUT2D eigenvalue weighted by Crippen LogP contribution is -2.38. The van der Waals surface area contributed by atoms with Gasteiger partial charge in [-0.05, 0) is 26.0 Å². The maximum atomic E-state index is 12.9. The van der Waals surface area contributed by atoms with Gasteiger partial charge in [-0.25, -0.2) is 4.79 Å². The van der Waals surface area contributed by atoms with Gasteiger partial charge in [0.05, 0.1) is 6.61 Å². The molecule has 1 aromatic heterocycles. The molecule has 308 valence electrons. The fraction of sp³-hybridized carbons (Fsp3) is 0.881. The molecule has 0 amide bonds. The summed E-state index contributed by atoms with van der Waals surface area (Å²) in [6, 6.07) is 1.30. The van der Waals surface area contributed by atoms with E-state index in [0.29, 0.717) is 0 Å². The van der Waals surface area contributed by atoms with Crippen molar-refractivity contribution in [3.8, 4) is 0 Å². The van der Waals surface area contributed by atoms with Gasteiger partial charge >= 0.3 is 5.69 Å². The van der Waals surface area contributed by atoms with Gasteiger partial charge in [0.15, 0.2) is 12.0 Å². The first kappa shape index (κ1) is 48.1. The van der Waals surface area contributed by atoms with E-state index in [9.17, 15) is 14.5 Å². The van der Waals surface area contributed by atoms with Crippen LogP contribution in [0.25, 0.3) is 0 Å². The van der Waals surface area contributed by atoms with Crippen LogP contribution in [-0.4, -0.2) is 46.9 Å². The molecule has 11 heteroatoms. The molecule has 1 aromatic rings. The Labute approximate surface area is 328 Å². The van der Waals surface area contributed by atoms with Crippen LogP contribution in [-0.2, 0) is 30.5 Å². The number of hydrogen-bond donors (Lipinski definition) is 1. The van der Waals surface area contributed by atoms with Gasteiger partial charge < -0.3 is 23.6 Å². The molecule has 3 heterocycles. The van der Waals surface area contributed by atoms with E-state index >= 15 is 0 Å². The van der Waals surface area contributed by atoms with Gasteiger partial charge in [-0.2, -0.15) is 0 Å². The number of hydrogen-bond acceptors (Lipinski definition) is 8. The van der Waals surface area contributed by atoms with Crippen molar-refractivity contribution in [2.45, 2.75) is 224 Å². The molecule has 2 aliphatic heterocycles. The molecule has 5 unspecified atom stereocenters. The summed E-state index contributed by atoms with van der Waals surface area (Å²) in [5.41, 5.74) is -1.05. The number of aromatic amines is 1. The van der Waals surface area contributed by atoms with E-state index in [1.807, 2.05) is 0 Å². The van der Waals surface area contributed by atoms with Crippen LogP contribution in [0.5, 0.6) is 0 Å². The summed E-state index contributed by atoms with van der Waals surface area (Å²) >= 11 is 5.04. The van der Waals surface area contributed by atoms with Crippen LogP contribution >= 0.6 is 6.49 Å². The zero-order valence-electron chi connectivity index (χ0n) is 34.1. The summed E-state index contributed by atoms with van der Waals surface area (Å²) in [7, 11) is 0. The Balaban J connectivity index is 0.00000972. The summed E-state index contributed by atoms with van der Waals surface area (Å²) < 4.78 is 26.9. The number of ether oxygens (including phenoxy) is 3. The lowest BCUT2D eigenvalue weighted by Gasteiger charge is -2.32. The van der Waals surface area contributed by atoms with Crippen molar-refractivity contribution in [2.24, 2.45) is 0 Å². The highest BCUT2D eigenvalue weighted by atomic mass is 32.5. The van der Waals surface area contributed by atoms with Crippen LogP contribution in [0.2, 0.25) is 0 Å². The van der Waals surface area contributed by atoms with Crippen LogP contribution < -0.4 is 16.1 Å². The summed E-state index contributed by atoms with van der Waals surface area (Å²) in [5.74, 6) is -0.791. The van der Waals surface area contributed by atoms with Gasteiger partial charge in [0.2, 0.25) is 0 Å². The average molecular weight is 785 g/mol. The van der Waals surface area contributed by atoms with Crippen molar-refractivity contribution in [2.75, 3.05) is 13.3 Å². The first-order chi connectivity index (χ1) is 25.2. The van der Waals surface area contributed by atoms with Gasteiger partial charge in [-0.15, -0.1) is 0 Å². The van der Waals surface area contributed by atoms with Crippen LogP contribution in [0.3, 0.4) is 0 Å². The Morgan fingerprint density at radius 3 is 1.51 bits per heavy atom. The van der Waals surface area contributed by atoms with Crippen molar-refractivity contribution in [1.29, 1.82) is 0 Å². The third kappa shape index (κ3) is 19.1. The van der Waals surface area contributed by atoms with Crippen molar-refractivity contribution >= 4 is 18.3 Å². The highest BCUT2D eigenvalue weighted by Gasteiger charge is 2.58. The Morgan fingerprint density at radius 1 is 0.717 bits per heavy atom. The monoisotopic (exact) mass is 785 g/mol. The molecular weight excluding hydrogens is 708 g/mol. The predicted molar refractivity (Wildman–Crippen MR) is 221 cm³/mol. The number of nitrogens with zero attached hydrogens (tertiary/aromatic N) is 1. The SMILES string of the molecule is CCCCCCCCCCCCCCCC1(CCCCCCCCCCCCCCC)OC2C(COP(C)([O-])=S)OC(n3ccc(=O)[nH]c3=O)C2O1.[CH3+]. The van der Waals surface area contributed by atoms with Crippen LogP contribution in [0.4, 0.5) is 0 Å². The summed E-state index contributed by atoms with van der Waals surface area (Å²) in [6.07, 6.45) is 34.0. The first-order valence-corrected chi connectivity index (χ1v) is 24.5. The second-order valence-electron chi connectivity index (χ2n) is 15.7. The second kappa shape index (κ2) is 27.6. The van der Waals surface area contributed by atoms with Crippen LogP contribution in [0.15, 0.2) is 21.9 Å². The number of aromatic nitrogens is 2. The van der Waals surface area contributed by atoms with Crippen molar-refractivity contribution < 1.29 is 23.6 Å². The Bertz CT molecular complexity index is 1210. The molecule has 0 saturated carbocycles. The maximum absolute atomic E-state index is 12.9. The van der Waals surface area contributed by atoms with E-state index in [-0.39, 0.29) is 14.0 Å². The molecule has 9 nitrogen and oxygen atoms in total. The molecule has 3 rings (SSSR count). The lowest BCUT2D eigenvalue weighted by atomic mass is 9.98. The van der Waals surface area contributed by atoms with Crippen molar-refractivity contribution in [1.82, 2.24) is 9.55 Å². The first-order valence-electron chi connectivity index (χ1n) is 21.4. The smallest absolute Gasteiger partial charge is 0.330 e. The molecule has 2 fully saturated rings. The third-order valence-corrected chi connectivity index (χ3v) is 11.8. The molecule has 0 radical (unpaired) electrons. The Kier molecular flexibility index (Phi) is 25.1. The van der Waals surface area contributed by atoms with E-state index in [4.69, 9.17) is 30.5 Å². The third-order valence-electron chi connectivity index (χ3n) is 10.9. The molecule has 0 aromatic carbocycles. The zero-order chi connectivity index (χ0) is 37.5. The molecule has 0 aliphatic carbocycles. The highest BCUT2D eigenvalue weighted by Crippen LogP contribution is 2.48. The fourth-order valence-electron chi connectivity index (χ4n) is 7.88. The number of rotatable bonds is 32. The minimum atomic E-state index is -3.19. The Hall–Kier alpha value is -1.00. The number of fused-ring (bicyclic) bond motifs is 1. The van der Waals surface area contributed by atoms with Crippen molar-refractivity contribution in [3.05, 3.63) is 40.5 Å². The van der Waals surface area contributed by atoms with E-state index in [1.165, 1.54) is 165 Å². The molecule has 0 bridgehead atoms. The quantitative estimate of drug-likeness (QED) is 0.0436. The highest BCUT2D eigenvalue weighted by molar-refractivity contribution is 8.08. The summed E-state index contributed by atoms with van der Waals surface area (Å²) in [5, 5.41) is 0. The van der Waals surface area contributed by atoms with E-state index in [1.54, 1.807) is 0 Å². The normalized spacial score (nSPS) is 21.7. The number of nitrogens with one attached hydrogen (secondary N) is 1. The molecule has 1 N–H and O–H groups in total. The van der Waals surface area contributed by atoms with E-state index in [2.05, 4.69) is 18.8 Å². The minimum Gasteiger partial charge on any atom is -0.801 e. The van der Waals surface area contributed by atoms with Gasteiger partial charge in [0, 0.05) is 32.5 Å². The minimum absolute atomic E-state index is 0. The molecule has 5 atom stereocenters. The fourth-order valence-corrected chi connectivity index (χ4v) is 8.48. The van der Waals surface area contributed by atoms with E-state index in [0.717, 1.165) is 38.5 Å². The standard InChI is InChI=1S/C41H75N2O7PS.CH3/c1-4-6-8-10-12-14-16-18-20-22-24-26-28-31-41(32-29-27-25-23-21-19-17-15-13-11-9-7-5-2)49-37-35(34-47-51(3,46)52)48-39(38(37)50-41)43-33-30-36(44)42-40(43)45;/h30,33,35,37-39H,4-29,31-32,34H2,1-3H3,(H,46,52)(H,42,44,45);1H3/q;+1/p-1. The second-order valence-corrected chi connectivity index (χ2v) is 19.5.